The number of aromatic nitrogens is 2. The van der Waals surface area contributed by atoms with Crippen LogP contribution in [0.1, 0.15) is 76.0 Å². The Kier molecular flexibility index (Phi) is 2.75. The summed E-state index contributed by atoms with van der Waals surface area (Å²) in [6.45, 7) is 4.15. The first-order valence-electron chi connectivity index (χ1n) is 8.15. The van der Waals surface area contributed by atoms with Crippen LogP contribution >= 0.6 is 0 Å². The molecule has 1 aromatic heterocycles. The van der Waals surface area contributed by atoms with Gasteiger partial charge in [0.1, 0.15) is 0 Å². The molecule has 4 nitrogen and oxygen atoms in total. The molecule has 1 aromatic rings. The zero-order valence-electron chi connectivity index (χ0n) is 12.5. The zero-order valence-corrected chi connectivity index (χ0v) is 12.5. The second-order valence-electron chi connectivity index (χ2n) is 7.90. The van der Waals surface area contributed by atoms with Gasteiger partial charge in [-0.15, -0.1) is 0 Å². The normalized spacial score (nSPS) is 40.5. The SMILES string of the molecule is CC(C)c1nc(C(N)C23CC4CC(CC(C4)C2)C3)no1. The lowest BCUT2D eigenvalue weighted by atomic mass is 9.47. The summed E-state index contributed by atoms with van der Waals surface area (Å²) in [5.41, 5.74) is 6.88. The van der Waals surface area contributed by atoms with Gasteiger partial charge in [0, 0.05) is 5.92 Å². The van der Waals surface area contributed by atoms with E-state index in [9.17, 15) is 0 Å². The molecule has 4 saturated carbocycles. The monoisotopic (exact) mass is 275 g/mol. The van der Waals surface area contributed by atoms with Crippen LogP contribution in [0.3, 0.4) is 0 Å². The molecule has 5 rings (SSSR count). The van der Waals surface area contributed by atoms with Crippen LogP contribution in [0.2, 0.25) is 0 Å². The number of rotatable bonds is 3. The molecule has 0 aliphatic heterocycles. The van der Waals surface area contributed by atoms with Crippen molar-refractivity contribution in [2.24, 2.45) is 28.9 Å². The van der Waals surface area contributed by atoms with Crippen molar-refractivity contribution in [1.29, 1.82) is 0 Å². The van der Waals surface area contributed by atoms with Gasteiger partial charge in [0.25, 0.3) is 0 Å². The average molecular weight is 275 g/mol. The zero-order chi connectivity index (χ0) is 13.9. The Morgan fingerprint density at radius 2 is 1.65 bits per heavy atom. The molecule has 0 radical (unpaired) electrons. The fraction of sp³-hybridized carbons (Fsp3) is 0.875. The number of hydrogen-bond donors (Lipinski definition) is 1. The minimum atomic E-state index is -0.0350. The summed E-state index contributed by atoms with van der Waals surface area (Å²) in [6.07, 6.45) is 8.17. The van der Waals surface area contributed by atoms with E-state index in [1.165, 1.54) is 38.5 Å². The van der Waals surface area contributed by atoms with Gasteiger partial charge in [0.2, 0.25) is 5.89 Å². The number of nitrogens with two attached hydrogens (primary N) is 1. The minimum absolute atomic E-state index is 0.0350. The van der Waals surface area contributed by atoms with Crippen LogP contribution in [0.5, 0.6) is 0 Å². The van der Waals surface area contributed by atoms with Gasteiger partial charge in [-0.25, -0.2) is 0 Å². The summed E-state index contributed by atoms with van der Waals surface area (Å²) in [5, 5.41) is 4.18. The maximum atomic E-state index is 6.62. The van der Waals surface area contributed by atoms with Gasteiger partial charge < -0.3 is 10.3 Å². The summed E-state index contributed by atoms with van der Waals surface area (Å²) in [4.78, 5) is 4.56. The van der Waals surface area contributed by atoms with Gasteiger partial charge in [0.15, 0.2) is 5.82 Å². The fourth-order valence-electron chi connectivity index (χ4n) is 5.44. The Bertz CT molecular complexity index is 472. The second-order valence-corrected chi connectivity index (χ2v) is 7.90. The smallest absolute Gasteiger partial charge is 0.229 e. The second kappa shape index (κ2) is 4.30. The maximum absolute atomic E-state index is 6.62. The Morgan fingerprint density at radius 3 is 2.10 bits per heavy atom. The molecule has 1 heterocycles. The molecule has 4 heteroatoms. The van der Waals surface area contributed by atoms with E-state index in [-0.39, 0.29) is 17.4 Å². The van der Waals surface area contributed by atoms with Gasteiger partial charge in [-0.1, -0.05) is 19.0 Å². The van der Waals surface area contributed by atoms with Gasteiger partial charge in [-0.3, -0.25) is 0 Å². The Morgan fingerprint density at radius 1 is 1.10 bits per heavy atom. The van der Waals surface area contributed by atoms with Crippen LogP contribution in [0.25, 0.3) is 0 Å². The van der Waals surface area contributed by atoms with Crippen LogP contribution in [0.15, 0.2) is 4.52 Å². The predicted octanol–water partition coefficient (Wildman–Crippen LogP) is 3.41. The molecule has 4 bridgehead atoms. The van der Waals surface area contributed by atoms with Gasteiger partial charge in [-0.2, -0.15) is 4.98 Å². The van der Waals surface area contributed by atoms with Gasteiger partial charge in [-0.05, 0) is 61.7 Å². The van der Waals surface area contributed by atoms with Crippen LogP contribution in [0, 0.1) is 23.2 Å². The van der Waals surface area contributed by atoms with Crippen LogP contribution < -0.4 is 5.73 Å². The third-order valence-corrected chi connectivity index (χ3v) is 5.97. The lowest BCUT2D eigenvalue weighted by Crippen LogP contribution is -2.51. The fourth-order valence-corrected chi connectivity index (χ4v) is 5.44. The average Bonchev–Trinajstić information content (AvgIpc) is 2.85. The molecule has 2 N–H and O–H groups in total. The lowest BCUT2D eigenvalue weighted by molar-refractivity contribution is -0.0694. The summed E-state index contributed by atoms with van der Waals surface area (Å²) < 4.78 is 5.37. The molecule has 4 aliphatic rings. The summed E-state index contributed by atoms with van der Waals surface area (Å²) in [5.74, 6) is 4.46. The Balaban J connectivity index is 1.62. The molecular weight excluding hydrogens is 250 g/mol. The van der Waals surface area contributed by atoms with Crippen LogP contribution in [0.4, 0.5) is 0 Å². The highest BCUT2D eigenvalue weighted by Crippen LogP contribution is 2.63. The highest BCUT2D eigenvalue weighted by Gasteiger charge is 2.54. The van der Waals surface area contributed by atoms with Gasteiger partial charge >= 0.3 is 0 Å². The van der Waals surface area contributed by atoms with Crippen molar-refractivity contribution < 1.29 is 4.52 Å². The minimum Gasteiger partial charge on any atom is -0.339 e. The van der Waals surface area contributed by atoms with E-state index in [1.54, 1.807) is 0 Å². The maximum Gasteiger partial charge on any atom is 0.229 e. The van der Waals surface area contributed by atoms with Crippen LogP contribution in [-0.2, 0) is 0 Å². The quantitative estimate of drug-likeness (QED) is 0.918. The van der Waals surface area contributed by atoms with E-state index >= 15 is 0 Å². The van der Waals surface area contributed by atoms with Crippen molar-refractivity contribution in [3.63, 3.8) is 0 Å². The van der Waals surface area contributed by atoms with E-state index in [4.69, 9.17) is 10.3 Å². The van der Waals surface area contributed by atoms with Crippen molar-refractivity contribution in [3.05, 3.63) is 11.7 Å². The summed E-state index contributed by atoms with van der Waals surface area (Å²) in [6, 6.07) is -0.0350. The van der Waals surface area contributed by atoms with E-state index in [2.05, 4.69) is 24.0 Å². The third-order valence-electron chi connectivity index (χ3n) is 5.97. The first-order chi connectivity index (χ1) is 9.56. The molecule has 110 valence electrons. The molecule has 0 aromatic carbocycles. The molecule has 0 amide bonds. The van der Waals surface area contributed by atoms with E-state index in [0.717, 1.165) is 29.5 Å². The van der Waals surface area contributed by atoms with E-state index in [0.29, 0.717) is 0 Å². The third kappa shape index (κ3) is 1.84. The van der Waals surface area contributed by atoms with Crippen molar-refractivity contribution in [2.75, 3.05) is 0 Å². The molecular formula is C16H25N3O. The molecule has 1 unspecified atom stereocenters. The Labute approximate surface area is 120 Å². The molecule has 0 spiro atoms. The first-order valence-corrected chi connectivity index (χ1v) is 8.15. The van der Waals surface area contributed by atoms with Gasteiger partial charge in [0.05, 0.1) is 6.04 Å². The lowest BCUT2D eigenvalue weighted by Gasteiger charge is -2.58. The van der Waals surface area contributed by atoms with E-state index < -0.39 is 0 Å². The molecule has 0 saturated heterocycles. The standard InChI is InChI=1S/C16H25N3O/c1-9(2)15-18-14(19-20-15)13(17)16-6-10-3-11(7-16)5-12(4-10)8-16/h9-13H,3-8,17H2,1-2H3. The van der Waals surface area contributed by atoms with Crippen LogP contribution in [-0.4, -0.2) is 10.1 Å². The largest absolute Gasteiger partial charge is 0.339 e. The molecule has 1 atom stereocenters. The molecule has 4 fully saturated rings. The molecule has 4 aliphatic carbocycles. The van der Waals surface area contributed by atoms with Crippen molar-refractivity contribution in [3.8, 4) is 0 Å². The van der Waals surface area contributed by atoms with Crippen molar-refractivity contribution in [1.82, 2.24) is 10.1 Å². The highest BCUT2D eigenvalue weighted by molar-refractivity contribution is 5.10. The summed E-state index contributed by atoms with van der Waals surface area (Å²) >= 11 is 0. The molecule has 20 heavy (non-hydrogen) atoms. The first kappa shape index (κ1) is 12.8. The number of nitrogens with zero attached hydrogens (tertiary/aromatic N) is 2. The predicted molar refractivity (Wildman–Crippen MR) is 75.9 cm³/mol. The van der Waals surface area contributed by atoms with E-state index in [1.807, 2.05) is 0 Å². The summed E-state index contributed by atoms with van der Waals surface area (Å²) in [7, 11) is 0. The topological polar surface area (TPSA) is 64.9 Å². The van der Waals surface area contributed by atoms with Crippen molar-refractivity contribution >= 4 is 0 Å². The highest BCUT2D eigenvalue weighted by atomic mass is 16.5. The Hall–Kier alpha value is -0.900. The number of hydrogen-bond acceptors (Lipinski definition) is 4. The van der Waals surface area contributed by atoms with Crippen molar-refractivity contribution in [2.45, 2.75) is 64.3 Å².